The minimum absolute atomic E-state index is 0.0590. The summed E-state index contributed by atoms with van der Waals surface area (Å²) in [6, 6.07) is 13.3. The average Bonchev–Trinajstić information content (AvgIpc) is 2.50. The summed E-state index contributed by atoms with van der Waals surface area (Å²) in [6.45, 7) is 0. The zero-order chi connectivity index (χ0) is 15.9. The molecule has 0 radical (unpaired) electrons. The number of anilines is 1. The van der Waals surface area contributed by atoms with Gasteiger partial charge in [0.15, 0.2) is 0 Å². The lowest BCUT2D eigenvalue weighted by Gasteiger charge is -2.05. The van der Waals surface area contributed by atoms with Gasteiger partial charge in [-0.2, -0.15) is 0 Å². The van der Waals surface area contributed by atoms with Crippen LogP contribution in [0.15, 0.2) is 48.5 Å². The molecule has 0 aliphatic heterocycles. The molecular formula is C15H13ClN2O3S. The highest BCUT2D eigenvalue weighted by atomic mass is 35.5. The molecule has 2 rings (SSSR count). The van der Waals surface area contributed by atoms with E-state index < -0.39 is 4.92 Å². The molecule has 0 saturated carbocycles. The Morgan fingerprint density at radius 3 is 2.64 bits per heavy atom. The number of nitrogens with one attached hydrogen (secondary N) is 1. The van der Waals surface area contributed by atoms with Gasteiger partial charge in [-0.15, -0.1) is 11.8 Å². The number of hydrogen-bond donors (Lipinski definition) is 1. The van der Waals surface area contributed by atoms with Crippen LogP contribution in [0.3, 0.4) is 0 Å². The first-order chi connectivity index (χ1) is 10.5. The van der Waals surface area contributed by atoms with Gasteiger partial charge in [-0.3, -0.25) is 14.9 Å². The normalized spacial score (nSPS) is 10.2. The van der Waals surface area contributed by atoms with Gasteiger partial charge in [0.1, 0.15) is 0 Å². The number of non-ortho nitro benzene ring substituents is 1. The van der Waals surface area contributed by atoms with E-state index in [1.165, 1.54) is 23.9 Å². The minimum atomic E-state index is -0.429. The second-order valence-electron chi connectivity index (χ2n) is 4.47. The van der Waals surface area contributed by atoms with Crippen molar-refractivity contribution in [1.82, 2.24) is 0 Å². The topological polar surface area (TPSA) is 72.2 Å². The van der Waals surface area contributed by atoms with Gasteiger partial charge in [-0.25, -0.2) is 0 Å². The van der Waals surface area contributed by atoms with Crippen LogP contribution >= 0.6 is 23.4 Å². The fourth-order valence-corrected chi connectivity index (χ4v) is 2.65. The Balaban J connectivity index is 1.80. The van der Waals surface area contributed by atoms with Gasteiger partial charge in [-0.05, 0) is 29.8 Å². The molecule has 2 aromatic carbocycles. The number of nitro benzene ring substituents is 1. The number of carbonyl (C=O) groups is 1. The molecule has 7 heteroatoms. The van der Waals surface area contributed by atoms with E-state index >= 15 is 0 Å². The van der Waals surface area contributed by atoms with Crippen LogP contribution < -0.4 is 5.32 Å². The highest BCUT2D eigenvalue weighted by molar-refractivity contribution is 7.99. The molecule has 2 aromatic rings. The molecule has 0 saturated heterocycles. The van der Waals surface area contributed by atoms with Crippen LogP contribution in [0, 0.1) is 10.1 Å². The van der Waals surface area contributed by atoms with Crippen LogP contribution in [0.2, 0.25) is 5.02 Å². The summed E-state index contributed by atoms with van der Waals surface area (Å²) in [7, 11) is 0. The summed E-state index contributed by atoms with van der Waals surface area (Å²) in [5.74, 6) is 0.680. The maximum Gasteiger partial charge on any atom is 0.269 e. The highest BCUT2D eigenvalue weighted by Gasteiger charge is 2.07. The molecular weight excluding hydrogens is 324 g/mol. The largest absolute Gasteiger partial charge is 0.325 e. The van der Waals surface area contributed by atoms with E-state index in [0.29, 0.717) is 16.5 Å². The molecule has 0 unspecified atom stereocenters. The first-order valence-corrected chi connectivity index (χ1v) is 7.94. The Labute approximate surface area is 136 Å². The number of halogens is 1. The molecule has 22 heavy (non-hydrogen) atoms. The number of nitrogens with zero attached hydrogens (tertiary/aromatic N) is 1. The van der Waals surface area contributed by atoms with Crippen molar-refractivity contribution in [2.24, 2.45) is 0 Å². The van der Waals surface area contributed by atoms with Crippen LogP contribution in [-0.2, 0) is 10.5 Å². The van der Waals surface area contributed by atoms with Crippen molar-refractivity contribution >= 4 is 40.6 Å². The van der Waals surface area contributed by atoms with Crippen molar-refractivity contribution in [1.29, 1.82) is 0 Å². The average molecular weight is 337 g/mol. The van der Waals surface area contributed by atoms with E-state index in [-0.39, 0.29) is 17.3 Å². The molecule has 0 aliphatic rings. The molecule has 5 nitrogen and oxygen atoms in total. The van der Waals surface area contributed by atoms with Crippen LogP contribution in [0.5, 0.6) is 0 Å². The maximum atomic E-state index is 11.8. The first-order valence-electron chi connectivity index (χ1n) is 6.41. The molecule has 114 valence electrons. The predicted octanol–water partition coefficient (Wildman–Crippen LogP) is 4.12. The number of thioether (sulfide) groups is 1. The van der Waals surface area contributed by atoms with Gasteiger partial charge < -0.3 is 5.32 Å². The predicted molar refractivity (Wildman–Crippen MR) is 89.3 cm³/mol. The van der Waals surface area contributed by atoms with Crippen molar-refractivity contribution in [2.75, 3.05) is 11.1 Å². The molecule has 0 aromatic heterocycles. The first kappa shape index (κ1) is 16.3. The Kier molecular flexibility index (Phi) is 5.80. The summed E-state index contributed by atoms with van der Waals surface area (Å²) in [5.41, 5.74) is 1.56. The lowest BCUT2D eigenvalue weighted by molar-refractivity contribution is -0.384. The smallest absolute Gasteiger partial charge is 0.269 e. The van der Waals surface area contributed by atoms with Gasteiger partial charge in [0, 0.05) is 28.6 Å². The number of rotatable bonds is 6. The zero-order valence-corrected chi connectivity index (χ0v) is 13.1. The monoisotopic (exact) mass is 336 g/mol. The number of hydrogen-bond acceptors (Lipinski definition) is 4. The number of amides is 1. The second-order valence-corrected chi connectivity index (χ2v) is 5.90. The van der Waals surface area contributed by atoms with Gasteiger partial charge in [0.2, 0.25) is 5.91 Å². The van der Waals surface area contributed by atoms with E-state index in [0.717, 1.165) is 5.56 Å². The van der Waals surface area contributed by atoms with Crippen molar-refractivity contribution in [3.63, 3.8) is 0 Å². The minimum Gasteiger partial charge on any atom is -0.325 e. The zero-order valence-electron chi connectivity index (χ0n) is 11.5. The molecule has 1 amide bonds. The van der Waals surface area contributed by atoms with E-state index in [1.807, 2.05) is 0 Å². The molecule has 0 aliphatic carbocycles. The summed E-state index contributed by atoms with van der Waals surface area (Å²) >= 11 is 7.17. The Bertz CT molecular complexity index is 677. The Morgan fingerprint density at radius 1 is 1.23 bits per heavy atom. The fraction of sp³-hybridized carbons (Fsp3) is 0.133. The highest BCUT2D eigenvalue weighted by Crippen LogP contribution is 2.18. The molecule has 0 fully saturated rings. The van der Waals surface area contributed by atoms with Gasteiger partial charge >= 0.3 is 0 Å². The fourth-order valence-electron chi connectivity index (χ4n) is 1.75. The van der Waals surface area contributed by atoms with Gasteiger partial charge in [-0.1, -0.05) is 23.7 Å². The van der Waals surface area contributed by atoms with Crippen LogP contribution in [0.1, 0.15) is 5.56 Å². The van der Waals surface area contributed by atoms with Crippen LogP contribution in [0.4, 0.5) is 11.4 Å². The molecule has 0 atom stereocenters. The van der Waals surface area contributed by atoms with Gasteiger partial charge in [0.25, 0.3) is 5.69 Å². The lowest BCUT2D eigenvalue weighted by Crippen LogP contribution is -2.14. The van der Waals surface area contributed by atoms with E-state index in [2.05, 4.69) is 5.32 Å². The second kappa shape index (κ2) is 7.82. The summed E-state index contributed by atoms with van der Waals surface area (Å²) in [6.07, 6.45) is 0. The summed E-state index contributed by atoms with van der Waals surface area (Å²) in [4.78, 5) is 22.0. The third-order valence-electron chi connectivity index (χ3n) is 2.75. The SMILES string of the molecule is O=C(CSCc1cccc([N+](=O)[O-])c1)Nc1ccc(Cl)cc1. The van der Waals surface area contributed by atoms with E-state index in [1.54, 1.807) is 36.4 Å². The molecule has 1 N–H and O–H groups in total. The van der Waals surface area contributed by atoms with E-state index in [4.69, 9.17) is 11.6 Å². The van der Waals surface area contributed by atoms with Gasteiger partial charge in [0.05, 0.1) is 10.7 Å². The summed E-state index contributed by atoms with van der Waals surface area (Å²) in [5, 5.41) is 14.1. The standard InChI is InChI=1S/C15H13ClN2O3S/c16-12-4-6-13(7-5-12)17-15(19)10-22-9-11-2-1-3-14(8-11)18(20)21/h1-8H,9-10H2,(H,17,19). The number of benzene rings is 2. The molecule has 0 spiro atoms. The Hall–Kier alpha value is -2.05. The number of carbonyl (C=O) groups excluding carboxylic acids is 1. The Morgan fingerprint density at radius 2 is 1.95 bits per heavy atom. The van der Waals surface area contributed by atoms with Crippen molar-refractivity contribution in [2.45, 2.75) is 5.75 Å². The quantitative estimate of drug-likeness (QED) is 0.636. The van der Waals surface area contributed by atoms with Crippen molar-refractivity contribution in [3.05, 3.63) is 69.2 Å². The maximum absolute atomic E-state index is 11.8. The molecule has 0 bridgehead atoms. The van der Waals surface area contributed by atoms with E-state index in [9.17, 15) is 14.9 Å². The number of nitro groups is 1. The van der Waals surface area contributed by atoms with Crippen molar-refractivity contribution < 1.29 is 9.72 Å². The summed E-state index contributed by atoms with van der Waals surface area (Å²) < 4.78 is 0. The lowest BCUT2D eigenvalue weighted by atomic mass is 10.2. The van der Waals surface area contributed by atoms with Crippen molar-refractivity contribution in [3.8, 4) is 0 Å². The third-order valence-corrected chi connectivity index (χ3v) is 4.01. The molecule has 0 heterocycles. The van der Waals surface area contributed by atoms with Crippen LogP contribution in [-0.4, -0.2) is 16.6 Å². The third kappa shape index (κ3) is 5.05. The van der Waals surface area contributed by atoms with Crippen LogP contribution in [0.25, 0.3) is 0 Å².